The first kappa shape index (κ1) is 16.5. The number of rotatable bonds is 2. The zero-order valence-electron chi connectivity index (χ0n) is 12.8. The number of nitrogens with zero attached hydrogens (tertiary/aromatic N) is 1. The van der Waals surface area contributed by atoms with E-state index in [1.807, 2.05) is 0 Å². The molecule has 0 aliphatic carbocycles. The molecule has 0 saturated carbocycles. The van der Waals surface area contributed by atoms with Crippen LogP contribution in [0, 0.1) is 5.92 Å². The minimum absolute atomic E-state index is 0.243. The number of ketones is 1. The maximum atomic E-state index is 12.2. The largest absolute Gasteiger partial charge is 0.465 e. The van der Waals surface area contributed by atoms with Gasteiger partial charge in [-0.25, -0.2) is 4.79 Å². The van der Waals surface area contributed by atoms with Crippen molar-refractivity contribution in [3.63, 3.8) is 0 Å². The van der Waals surface area contributed by atoms with E-state index in [9.17, 15) is 14.4 Å². The van der Waals surface area contributed by atoms with Gasteiger partial charge in [0.05, 0.1) is 12.6 Å². The predicted octanol–water partition coefficient (Wildman–Crippen LogP) is 1.76. The number of esters is 1. The third-order valence-corrected chi connectivity index (χ3v) is 3.08. The Morgan fingerprint density at radius 3 is 2.45 bits per heavy atom. The zero-order valence-corrected chi connectivity index (χ0v) is 12.8. The zero-order chi connectivity index (χ0) is 15.5. The van der Waals surface area contributed by atoms with Gasteiger partial charge in [0.15, 0.2) is 5.78 Å². The summed E-state index contributed by atoms with van der Waals surface area (Å²) < 4.78 is 10.1. The van der Waals surface area contributed by atoms with Crippen molar-refractivity contribution in [1.29, 1.82) is 0 Å². The molecule has 20 heavy (non-hydrogen) atoms. The van der Waals surface area contributed by atoms with Gasteiger partial charge in [-0.3, -0.25) is 14.5 Å². The summed E-state index contributed by atoms with van der Waals surface area (Å²) in [6.07, 6.45) is -0.248. The van der Waals surface area contributed by atoms with Crippen LogP contribution in [0.1, 0.15) is 41.0 Å². The average molecular weight is 285 g/mol. The van der Waals surface area contributed by atoms with Gasteiger partial charge in [0.1, 0.15) is 11.5 Å². The Bertz CT molecular complexity index is 399. The molecule has 0 aromatic carbocycles. The van der Waals surface area contributed by atoms with E-state index in [2.05, 4.69) is 0 Å². The lowest BCUT2D eigenvalue weighted by atomic mass is 9.90. The lowest BCUT2D eigenvalue weighted by Gasteiger charge is -2.36. The van der Waals surface area contributed by atoms with Crippen LogP contribution >= 0.6 is 0 Å². The van der Waals surface area contributed by atoms with E-state index in [0.29, 0.717) is 6.54 Å². The third-order valence-electron chi connectivity index (χ3n) is 3.08. The highest BCUT2D eigenvalue weighted by Crippen LogP contribution is 2.23. The minimum atomic E-state index is -0.774. The van der Waals surface area contributed by atoms with E-state index in [0.717, 1.165) is 0 Å². The van der Waals surface area contributed by atoms with Crippen LogP contribution in [0.25, 0.3) is 0 Å². The molecule has 6 heteroatoms. The molecule has 0 N–H and O–H groups in total. The highest BCUT2D eigenvalue weighted by atomic mass is 16.6. The summed E-state index contributed by atoms with van der Waals surface area (Å²) in [6, 6.07) is -0.673. The Morgan fingerprint density at radius 2 is 1.95 bits per heavy atom. The first-order chi connectivity index (χ1) is 9.17. The Kier molecular flexibility index (Phi) is 5.14. The van der Waals surface area contributed by atoms with E-state index in [-0.39, 0.29) is 18.8 Å². The molecular formula is C14H23NO5. The first-order valence-electron chi connectivity index (χ1n) is 6.87. The number of carbonyl (C=O) groups excluding carboxylic acids is 3. The average Bonchev–Trinajstić information content (AvgIpc) is 2.30. The molecule has 1 amide bonds. The predicted molar refractivity (Wildman–Crippen MR) is 72.1 cm³/mol. The normalized spacial score (nSPS) is 23.4. The van der Waals surface area contributed by atoms with Gasteiger partial charge in [-0.15, -0.1) is 0 Å². The summed E-state index contributed by atoms with van der Waals surface area (Å²) in [4.78, 5) is 37.2. The molecule has 1 rings (SSSR count). The maximum Gasteiger partial charge on any atom is 0.410 e. The van der Waals surface area contributed by atoms with Gasteiger partial charge in [0, 0.05) is 6.54 Å². The Hall–Kier alpha value is -1.59. The number of hydrogen-bond donors (Lipinski definition) is 0. The standard InChI is InChI=1S/C14H23NO5/c1-6-19-12(17)10-7-8-15(9(2)11(10)16)13(18)20-14(3,4)5/h9-10H,6-8H2,1-5H3/t9-,10?/m0/s1. The molecule has 0 aromatic heterocycles. The summed E-state index contributed by atoms with van der Waals surface area (Å²) in [5.41, 5.74) is -0.613. The molecule has 2 atom stereocenters. The second-order valence-electron chi connectivity index (χ2n) is 5.85. The first-order valence-corrected chi connectivity index (χ1v) is 6.87. The van der Waals surface area contributed by atoms with Gasteiger partial charge >= 0.3 is 12.1 Å². The second-order valence-corrected chi connectivity index (χ2v) is 5.85. The molecule has 1 heterocycles. The van der Waals surface area contributed by atoms with Gasteiger partial charge in [0.2, 0.25) is 0 Å². The van der Waals surface area contributed by atoms with Gasteiger partial charge in [-0.2, -0.15) is 0 Å². The number of carbonyl (C=O) groups is 3. The summed E-state index contributed by atoms with van der Waals surface area (Å²) in [5, 5.41) is 0. The molecule has 0 aromatic rings. The van der Waals surface area contributed by atoms with Crippen molar-refractivity contribution in [2.45, 2.75) is 52.7 Å². The maximum absolute atomic E-state index is 12.2. The molecule has 6 nitrogen and oxygen atoms in total. The number of amides is 1. The SMILES string of the molecule is CCOC(=O)C1CCN(C(=O)OC(C)(C)C)[C@@H](C)C1=O. The topological polar surface area (TPSA) is 72.9 Å². The molecule has 114 valence electrons. The summed E-state index contributed by atoms with van der Waals surface area (Å²) in [7, 11) is 0. The van der Waals surface area contributed by atoms with Gasteiger partial charge < -0.3 is 9.47 Å². The van der Waals surface area contributed by atoms with Crippen molar-refractivity contribution >= 4 is 17.8 Å². The van der Waals surface area contributed by atoms with Crippen molar-refractivity contribution in [1.82, 2.24) is 4.90 Å². The summed E-state index contributed by atoms with van der Waals surface area (Å²) >= 11 is 0. The van der Waals surface area contributed by atoms with Crippen molar-refractivity contribution in [3.8, 4) is 0 Å². The van der Waals surface area contributed by atoms with E-state index in [1.54, 1.807) is 34.6 Å². The van der Waals surface area contributed by atoms with Gasteiger partial charge in [-0.05, 0) is 41.0 Å². The number of likely N-dealkylation sites (tertiary alicyclic amines) is 1. The van der Waals surface area contributed by atoms with Crippen LogP contribution in [0.4, 0.5) is 4.79 Å². The molecular weight excluding hydrogens is 262 g/mol. The lowest BCUT2D eigenvalue weighted by Crippen LogP contribution is -2.53. The van der Waals surface area contributed by atoms with Crippen LogP contribution in [0.3, 0.4) is 0 Å². The van der Waals surface area contributed by atoms with Crippen molar-refractivity contribution in [2.24, 2.45) is 5.92 Å². The van der Waals surface area contributed by atoms with E-state index >= 15 is 0 Å². The highest BCUT2D eigenvalue weighted by Gasteiger charge is 2.41. The minimum Gasteiger partial charge on any atom is -0.465 e. The fourth-order valence-electron chi connectivity index (χ4n) is 2.10. The van der Waals surface area contributed by atoms with E-state index in [4.69, 9.17) is 9.47 Å². The van der Waals surface area contributed by atoms with Crippen molar-refractivity contribution in [3.05, 3.63) is 0 Å². The number of hydrogen-bond acceptors (Lipinski definition) is 5. The number of Topliss-reactive ketones (excluding diaryl/α,β-unsaturated/α-hetero) is 1. The van der Waals surface area contributed by atoms with Crippen LogP contribution < -0.4 is 0 Å². The van der Waals surface area contributed by atoms with Crippen LogP contribution in [-0.2, 0) is 19.1 Å². The van der Waals surface area contributed by atoms with E-state index < -0.39 is 29.6 Å². The molecule has 1 aliphatic rings. The molecule has 0 radical (unpaired) electrons. The Balaban J connectivity index is 2.72. The highest BCUT2D eigenvalue weighted by molar-refractivity contribution is 6.03. The summed E-state index contributed by atoms with van der Waals surface area (Å²) in [5.74, 6) is -1.57. The van der Waals surface area contributed by atoms with E-state index in [1.165, 1.54) is 4.90 Å². The number of ether oxygens (including phenoxy) is 2. The molecule has 0 bridgehead atoms. The van der Waals surface area contributed by atoms with Crippen LogP contribution in [0.15, 0.2) is 0 Å². The molecule has 1 unspecified atom stereocenters. The quantitative estimate of drug-likeness (QED) is 0.571. The summed E-state index contributed by atoms with van der Waals surface area (Å²) in [6.45, 7) is 9.16. The van der Waals surface area contributed by atoms with Crippen molar-refractivity contribution in [2.75, 3.05) is 13.2 Å². The molecule has 1 fully saturated rings. The van der Waals surface area contributed by atoms with Crippen molar-refractivity contribution < 1.29 is 23.9 Å². The second kappa shape index (κ2) is 6.24. The fourth-order valence-corrected chi connectivity index (χ4v) is 2.10. The Labute approximate surface area is 119 Å². The van der Waals surface area contributed by atoms with Crippen LogP contribution in [0.2, 0.25) is 0 Å². The van der Waals surface area contributed by atoms with Crippen LogP contribution in [-0.4, -0.2) is 47.5 Å². The molecule has 1 saturated heterocycles. The Morgan fingerprint density at radius 1 is 1.35 bits per heavy atom. The smallest absolute Gasteiger partial charge is 0.410 e. The monoisotopic (exact) mass is 285 g/mol. The van der Waals surface area contributed by atoms with Gasteiger partial charge in [-0.1, -0.05) is 0 Å². The molecule has 0 spiro atoms. The van der Waals surface area contributed by atoms with Gasteiger partial charge in [0.25, 0.3) is 0 Å². The molecule has 1 aliphatic heterocycles. The lowest BCUT2D eigenvalue weighted by molar-refractivity contribution is -0.155. The fraction of sp³-hybridized carbons (Fsp3) is 0.786. The number of piperidine rings is 1. The third kappa shape index (κ3) is 3.95. The van der Waals surface area contributed by atoms with Crippen LogP contribution in [0.5, 0.6) is 0 Å².